The van der Waals surface area contributed by atoms with Crippen LogP contribution in [-0.4, -0.2) is 55.2 Å². The molecule has 0 aliphatic carbocycles. The van der Waals surface area contributed by atoms with Crippen molar-refractivity contribution >= 4 is 16.9 Å². The van der Waals surface area contributed by atoms with Gasteiger partial charge in [0.2, 0.25) is 0 Å². The van der Waals surface area contributed by atoms with Crippen LogP contribution in [0.15, 0.2) is 53.7 Å². The molecule has 0 amide bonds. The molecule has 0 unspecified atom stereocenters. The summed E-state index contributed by atoms with van der Waals surface area (Å²) in [4.78, 5) is 10.4. The predicted molar refractivity (Wildman–Crippen MR) is 127 cm³/mol. The molecule has 1 saturated heterocycles. The molecular formula is C25H32FN5O. The molecule has 0 spiro atoms. The summed E-state index contributed by atoms with van der Waals surface area (Å²) in [5, 5.41) is 7.83. The van der Waals surface area contributed by atoms with E-state index in [9.17, 15) is 4.39 Å². The van der Waals surface area contributed by atoms with E-state index in [1.165, 1.54) is 28.8 Å². The van der Waals surface area contributed by atoms with E-state index in [2.05, 4.69) is 51.7 Å². The zero-order chi connectivity index (χ0) is 22.2. The van der Waals surface area contributed by atoms with Crippen molar-refractivity contribution in [2.45, 2.75) is 26.4 Å². The number of ether oxygens (including phenoxy) is 1. The number of H-pyrrole nitrogens is 1. The third kappa shape index (κ3) is 5.87. The summed E-state index contributed by atoms with van der Waals surface area (Å²) in [6.07, 6.45) is 2.78. The summed E-state index contributed by atoms with van der Waals surface area (Å²) in [6.45, 7) is 8.73. The van der Waals surface area contributed by atoms with Gasteiger partial charge in [0.25, 0.3) is 0 Å². The van der Waals surface area contributed by atoms with Gasteiger partial charge in [0, 0.05) is 49.8 Å². The van der Waals surface area contributed by atoms with Crippen LogP contribution in [0.4, 0.5) is 4.39 Å². The van der Waals surface area contributed by atoms with E-state index in [0.717, 1.165) is 69.2 Å². The number of fused-ring (bicyclic) bond motifs is 1. The molecule has 32 heavy (non-hydrogen) atoms. The van der Waals surface area contributed by atoms with Crippen LogP contribution in [-0.2, 0) is 24.2 Å². The van der Waals surface area contributed by atoms with Crippen LogP contribution in [0, 0.1) is 5.82 Å². The summed E-state index contributed by atoms with van der Waals surface area (Å²) in [5.41, 5.74) is 4.56. The molecule has 1 aliphatic heterocycles. The lowest BCUT2D eigenvalue weighted by molar-refractivity contribution is 0.0341. The van der Waals surface area contributed by atoms with Gasteiger partial charge in [0.1, 0.15) is 5.82 Å². The monoisotopic (exact) mass is 437 g/mol. The third-order valence-electron chi connectivity index (χ3n) is 5.78. The van der Waals surface area contributed by atoms with Gasteiger partial charge in [-0.2, -0.15) is 0 Å². The van der Waals surface area contributed by atoms with Crippen molar-refractivity contribution in [1.29, 1.82) is 0 Å². The molecule has 6 nitrogen and oxygen atoms in total. The fraction of sp³-hybridized carbons (Fsp3) is 0.400. The molecule has 1 aromatic heterocycles. The molecule has 1 aliphatic rings. The van der Waals surface area contributed by atoms with Gasteiger partial charge in [0.15, 0.2) is 5.96 Å². The van der Waals surface area contributed by atoms with Crippen LogP contribution in [0.25, 0.3) is 10.9 Å². The highest BCUT2D eigenvalue weighted by atomic mass is 19.1. The van der Waals surface area contributed by atoms with E-state index >= 15 is 0 Å². The number of guanidine groups is 1. The van der Waals surface area contributed by atoms with E-state index in [4.69, 9.17) is 9.73 Å². The molecule has 4 rings (SSSR count). The average Bonchev–Trinajstić information content (AvgIpc) is 3.21. The second-order valence-electron chi connectivity index (χ2n) is 8.03. The first kappa shape index (κ1) is 22.3. The summed E-state index contributed by atoms with van der Waals surface area (Å²) >= 11 is 0. The van der Waals surface area contributed by atoms with Crippen LogP contribution in [0.3, 0.4) is 0 Å². The zero-order valence-corrected chi connectivity index (χ0v) is 18.7. The quantitative estimate of drug-likeness (QED) is 0.373. The van der Waals surface area contributed by atoms with E-state index in [1.54, 1.807) is 0 Å². The maximum absolute atomic E-state index is 13.4. The van der Waals surface area contributed by atoms with Crippen LogP contribution < -0.4 is 10.6 Å². The standard InChI is InChI=1S/C25H32FN5O/c1-2-27-25(28-10-9-20-17-29-24-15-22(26)7-8-23(20)24)30-16-19-5-3-4-6-21(19)18-31-11-13-32-14-12-31/h3-8,15,17,29H,2,9-14,16,18H2,1H3,(H2,27,28,30). The maximum Gasteiger partial charge on any atom is 0.191 e. The maximum atomic E-state index is 13.4. The average molecular weight is 438 g/mol. The molecular weight excluding hydrogens is 405 g/mol. The van der Waals surface area contributed by atoms with Crippen molar-refractivity contribution < 1.29 is 9.13 Å². The summed E-state index contributed by atoms with van der Waals surface area (Å²) in [6, 6.07) is 13.4. The predicted octanol–water partition coefficient (Wildman–Crippen LogP) is 3.44. The molecule has 7 heteroatoms. The van der Waals surface area contributed by atoms with Gasteiger partial charge >= 0.3 is 0 Å². The molecule has 0 radical (unpaired) electrons. The molecule has 1 fully saturated rings. The highest BCUT2D eigenvalue weighted by Gasteiger charge is 2.12. The Morgan fingerprint density at radius 3 is 2.72 bits per heavy atom. The van der Waals surface area contributed by atoms with Crippen molar-refractivity contribution in [1.82, 2.24) is 20.5 Å². The van der Waals surface area contributed by atoms with Crippen LogP contribution >= 0.6 is 0 Å². The van der Waals surface area contributed by atoms with Crippen molar-refractivity contribution in [3.8, 4) is 0 Å². The minimum Gasteiger partial charge on any atom is -0.379 e. The molecule has 0 saturated carbocycles. The smallest absolute Gasteiger partial charge is 0.191 e. The number of hydrogen-bond donors (Lipinski definition) is 3. The first-order chi connectivity index (χ1) is 15.7. The van der Waals surface area contributed by atoms with Gasteiger partial charge in [-0.25, -0.2) is 9.38 Å². The number of aromatic nitrogens is 1. The third-order valence-corrected chi connectivity index (χ3v) is 5.78. The number of rotatable bonds is 8. The Kier molecular flexibility index (Phi) is 7.74. The van der Waals surface area contributed by atoms with Crippen LogP contribution in [0.2, 0.25) is 0 Å². The lowest BCUT2D eigenvalue weighted by atomic mass is 10.1. The summed E-state index contributed by atoms with van der Waals surface area (Å²) < 4.78 is 18.9. The highest BCUT2D eigenvalue weighted by Crippen LogP contribution is 2.19. The number of aliphatic imine (C=N–C) groups is 1. The van der Waals surface area contributed by atoms with E-state index in [1.807, 2.05) is 12.3 Å². The molecule has 3 aromatic rings. The normalized spacial score (nSPS) is 15.2. The van der Waals surface area contributed by atoms with E-state index in [0.29, 0.717) is 6.54 Å². The first-order valence-corrected chi connectivity index (χ1v) is 11.4. The fourth-order valence-corrected chi connectivity index (χ4v) is 4.05. The Labute approximate surface area is 188 Å². The zero-order valence-electron chi connectivity index (χ0n) is 18.7. The van der Waals surface area contributed by atoms with Crippen molar-refractivity contribution in [3.05, 3.63) is 71.2 Å². The Hall–Kier alpha value is -2.90. The molecule has 0 atom stereocenters. The van der Waals surface area contributed by atoms with Gasteiger partial charge in [-0.05, 0) is 48.2 Å². The van der Waals surface area contributed by atoms with Crippen molar-refractivity contribution in [2.24, 2.45) is 4.99 Å². The molecule has 170 valence electrons. The minimum absolute atomic E-state index is 0.223. The topological polar surface area (TPSA) is 64.7 Å². The molecule has 2 heterocycles. The number of halogens is 1. The molecule has 0 bridgehead atoms. The highest BCUT2D eigenvalue weighted by molar-refractivity contribution is 5.83. The molecule has 3 N–H and O–H groups in total. The number of nitrogens with one attached hydrogen (secondary N) is 3. The number of morpholine rings is 1. The molecule has 2 aromatic carbocycles. The number of hydrogen-bond acceptors (Lipinski definition) is 3. The van der Waals surface area contributed by atoms with Gasteiger partial charge in [0.05, 0.1) is 19.8 Å². The van der Waals surface area contributed by atoms with E-state index in [-0.39, 0.29) is 5.82 Å². The van der Waals surface area contributed by atoms with Crippen LogP contribution in [0.5, 0.6) is 0 Å². The fourth-order valence-electron chi connectivity index (χ4n) is 4.05. The van der Waals surface area contributed by atoms with Crippen molar-refractivity contribution in [2.75, 3.05) is 39.4 Å². The number of benzene rings is 2. The minimum atomic E-state index is -0.223. The Morgan fingerprint density at radius 2 is 1.91 bits per heavy atom. The SMILES string of the molecule is CCNC(=NCc1ccccc1CN1CCOCC1)NCCc1c[nH]c2cc(F)ccc12. The van der Waals surface area contributed by atoms with Gasteiger partial charge in [-0.1, -0.05) is 24.3 Å². The number of nitrogens with zero attached hydrogens (tertiary/aromatic N) is 2. The van der Waals surface area contributed by atoms with Gasteiger partial charge in [-0.15, -0.1) is 0 Å². The second-order valence-corrected chi connectivity index (χ2v) is 8.03. The van der Waals surface area contributed by atoms with Crippen molar-refractivity contribution in [3.63, 3.8) is 0 Å². The second kappa shape index (κ2) is 11.1. The Morgan fingerprint density at radius 1 is 1.09 bits per heavy atom. The van der Waals surface area contributed by atoms with Crippen LogP contribution in [0.1, 0.15) is 23.6 Å². The van der Waals surface area contributed by atoms with E-state index < -0.39 is 0 Å². The van der Waals surface area contributed by atoms with Gasteiger partial charge in [-0.3, -0.25) is 4.90 Å². The summed E-state index contributed by atoms with van der Waals surface area (Å²) in [5.74, 6) is 0.582. The Balaban J connectivity index is 1.36. The first-order valence-electron chi connectivity index (χ1n) is 11.4. The lowest BCUT2D eigenvalue weighted by Gasteiger charge is -2.27. The lowest BCUT2D eigenvalue weighted by Crippen LogP contribution is -2.38. The number of aromatic amines is 1. The Bertz CT molecular complexity index is 1040. The summed E-state index contributed by atoms with van der Waals surface area (Å²) in [7, 11) is 0. The van der Waals surface area contributed by atoms with Gasteiger partial charge < -0.3 is 20.4 Å². The largest absolute Gasteiger partial charge is 0.379 e.